The Labute approximate surface area is 110 Å². The lowest BCUT2D eigenvalue weighted by molar-refractivity contribution is -0.384. The van der Waals surface area contributed by atoms with Crippen molar-refractivity contribution in [3.63, 3.8) is 0 Å². The highest BCUT2D eigenvalue weighted by Crippen LogP contribution is 2.28. The van der Waals surface area contributed by atoms with Crippen LogP contribution in [-0.2, 0) is 4.79 Å². The number of phenolic OH excluding ortho intramolecular Hbond substituents is 1. The number of nitrogens with zero attached hydrogens (tertiary/aromatic N) is 1. The quantitative estimate of drug-likeness (QED) is 0.436. The number of anilines is 1. The van der Waals surface area contributed by atoms with E-state index >= 15 is 0 Å². The van der Waals surface area contributed by atoms with Crippen molar-refractivity contribution >= 4 is 17.3 Å². The number of hydrogen-bond donors (Lipinski definition) is 3. The summed E-state index contributed by atoms with van der Waals surface area (Å²) >= 11 is 0. The molecule has 1 aromatic carbocycles. The first-order chi connectivity index (χ1) is 8.62. The zero-order valence-electron chi connectivity index (χ0n) is 11.0. The van der Waals surface area contributed by atoms with Gasteiger partial charge in [0, 0.05) is 6.07 Å². The molecule has 0 bridgehead atoms. The molecule has 7 heteroatoms. The Kier molecular flexibility index (Phi) is 4.10. The Morgan fingerprint density at radius 1 is 1.47 bits per heavy atom. The van der Waals surface area contributed by atoms with Crippen molar-refractivity contribution in [1.29, 1.82) is 0 Å². The smallest absolute Gasteiger partial charge is 0.273 e. The van der Waals surface area contributed by atoms with Crippen LogP contribution in [0.5, 0.6) is 5.75 Å². The van der Waals surface area contributed by atoms with Crippen molar-refractivity contribution in [3.05, 3.63) is 28.3 Å². The summed E-state index contributed by atoms with van der Waals surface area (Å²) in [5, 5.41) is 22.6. The molecule has 0 heterocycles. The number of nitro groups is 1. The summed E-state index contributed by atoms with van der Waals surface area (Å²) in [5.74, 6) is -0.833. The Balaban J connectivity index is 2.89. The predicted molar refractivity (Wildman–Crippen MR) is 70.8 cm³/mol. The van der Waals surface area contributed by atoms with Gasteiger partial charge in [0.15, 0.2) is 0 Å². The normalized spacial score (nSPS) is 12.8. The molecule has 0 aliphatic carbocycles. The molecule has 1 rings (SSSR count). The van der Waals surface area contributed by atoms with Crippen molar-refractivity contribution in [3.8, 4) is 5.75 Å². The molecule has 4 N–H and O–H groups in total. The fourth-order valence-corrected chi connectivity index (χ4v) is 1.34. The van der Waals surface area contributed by atoms with E-state index in [4.69, 9.17) is 5.73 Å². The summed E-state index contributed by atoms with van der Waals surface area (Å²) in [4.78, 5) is 21.7. The number of nitrogens with one attached hydrogen (secondary N) is 1. The van der Waals surface area contributed by atoms with E-state index in [2.05, 4.69) is 5.32 Å². The Bertz CT molecular complexity index is 508. The number of carbonyl (C=O) groups excluding carboxylic acids is 1. The molecular weight excluding hydrogens is 250 g/mol. The van der Waals surface area contributed by atoms with E-state index in [-0.39, 0.29) is 17.1 Å². The van der Waals surface area contributed by atoms with Gasteiger partial charge in [-0.15, -0.1) is 0 Å². The van der Waals surface area contributed by atoms with E-state index in [1.54, 1.807) is 0 Å². The van der Waals surface area contributed by atoms with Crippen molar-refractivity contribution in [1.82, 2.24) is 0 Å². The Morgan fingerprint density at radius 2 is 2.05 bits per heavy atom. The van der Waals surface area contributed by atoms with Crippen LogP contribution in [0.4, 0.5) is 11.4 Å². The minimum Gasteiger partial charge on any atom is -0.506 e. The lowest BCUT2D eigenvalue weighted by Gasteiger charge is -2.25. The number of rotatable bonds is 3. The number of nitro benzene ring substituents is 1. The van der Waals surface area contributed by atoms with Crippen LogP contribution >= 0.6 is 0 Å². The van der Waals surface area contributed by atoms with Crippen LogP contribution in [0.2, 0.25) is 0 Å². The summed E-state index contributed by atoms with van der Waals surface area (Å²) in [6, 6.07) is 2.67. The van der Waals surface area contributed by atoms with Crippen LogP contribution in [0.3, 0.4) is 0 Å². The summed E-state index contributed by atoms with van der Waals surface area (Å²) in [7, 11) is 0. The van der Waals surface area contributed by atoms with Crippen LogP contribution in [0.1, 0.15) is 20.8 Å². The molecule has 0 radical (unpaired) electrons. The van der Waals surface area contributed by atoms with Crippen molar-refractivity contribution in [2.24, 2.45) is 11.1 Å². The third-order valence-corrected chi connectivity index (χ3v) is 2.67. The van der Waals surface area contributed by atoms with E-state index in [9.17, 15) is 20.0 Å². The standard InChI is InChI=1S/C12H17N3O4/c1-12(2,3)10(13)11(17)14-8-5-4-7(15(18)19)6-9(8)16/h4-6,10,16H,13H2,1-3H3,(H,14,17)/t10-/m0/s1. The molecule has 0 fully saturated rings. The zero-order valence-corrected chi connectivity index (χ0v) is 11.0. The van der Waals surface area contributed by atoms with E-state index < -0.39 is 22.3 Å². The lowest BCUT2D eigenvalue weighted by Crippen LogP contribution is -2.45. The molecule has 1 amide bonds. The second-order valence-corrected chi connectivity index (χ2v) is 5.29. The number of aromatic hydroxyl groups is 1. The SMILES string of the molecule is CC(C)(C)[C@@H](N)C(=O)Nc1ccc([N+](=O)[O-])cc1O. The molecule has 0 aliphatic rings. The molecule has 0 spiro atoms. The van der Waals surface area contributed by atoms with E-state index in [1.807, 2.05) is 20.8 Å². The number of hydrogen-bond acceptors (Lipinski definition) is 5. The van der Waals surface area contributed by atoms with Crippen molar-refractivity contribution in [2.45, 2.75) is 26.8 Å². The van der Waals surface area contributed by atoms with Gasteiger partial charge < -0.3 is 16.2 Å². The van der Waals surface area contributed by atoms with Gasteiger partial charge in [-0.1, -0.05) is 20.8 Å². The number of benzene rings is 1. The largest absolute Gasteiger partial charge is 0.506 e. The van der Waals surface area contributed by atoms with Gasteiger partial charge >= 0.3 is 0 Å². The number of amides is 1. The van der Waals surface area contributed by atoms with Gasteiger partial charge in [0.1, 0.15) is 5.75 Å². The summed E-state index contributed by atoms with van der Waals surface area (Å²) in [6.45, 7) is 5.44. The first-order valence-corrected chi connectivity index (χ1v) is 5.67. The molecule has 0 aliphatic heterocycles. The first-order valence-electron chi connectivity index (χ1n) is 5.67. The van der Waals surface area contributed by atoms with Crippen molar-refractivity contribution in [2.75, 3.05) is 5.32 Å². The second kappa shape index (κ2) is 5.23. The van der Waals surface area contributed by atoms with Gasteiger partial charge in [-0.2, -0.15) is 0 Å². The summed E-state index contributed by atoms with van der Waals surface area (Å²) in [6.07, 6.45) is 0. The van der Waals surface area contributed by atoms with E-state index in [0.29, 0.717) is 0 Å². The fourth-order valence-electron chi connectivity index (χ4n) is 1.34. The average Bonchev–Trinajstić information content (AvgIpc) is 2.29. The number of carbonyl (C=O) groups is 1. The van der Waals surface area contributed by atoms with Crippen molar-refractivity contribution < 1.29 is 14.8 Å². The van der Waals surface area contributed by atoms with E-state index in [1.165, 1.54) is 12.1 Å². The zero-order chi connectivity index (χ0) is 14.8. The molecular formula is C12H17N3O4. The van der Waals surface area contributed by atoms with Gasteiger partial charge in [0.2, 0.25) is 5.91 Å². The maximum Gasteiger partial charge on any atom is 0.273 e. The van der Waals surface area contributed by atoms with Gasteiger partial charge in [0.05, 0.1) is 22.7 Å². The summed E-state index contributed by atoms with van der Waals surface area (Å²) in [5.41, 5.74) is 5.18. The van der Waals surface area contributed by atoms with Crippen LogP contribution in [0, 0.1) is 15.5 Å². The Hall–Kier alpha value is -2.15. The molecule has 0 saturated carbocycles. The third kappa shape index (κ3) is 3.65. The first kappa shape index (κ1) is 14.9. The fraction of sp³-hybridized carbons (Fsp3) is 0.417. The topological polar surface area (TPSA) is 118 Å². The minimum atomic E-state index is -0.762. The summed E-state index contributed by atoms with van der Waals surface area (Å²) < 4.78 is 0. The van der Waals surface area contributed by atoms with Crippen LogP contribution in [0.15, 0.2) is 18.2 Å². The van der Waals surface area contributed by atoms with Crippen LogP contribution < -0.4 is 11.1 Å². The molecule has 0 aromatic heterocycles. The Morgan fingerprint density at radius 3 is 2.47 bits per heavy atom. The van der Waals surface area contributed by atoms with Gasteiger partial charge in [-0.05, 0) is 11.5 Å². The number of nitrogens with two attached hydrogens (primary N) is 1. The predicted octanol–water partition coefficient (Wildman–Crippen LogP) is 1.61. The van der Waals surface area contributed by atoms with Gasteiger partial charge in [0.25, 0.3) is 5.69 Å². The molecule has 19 heavy (non-hydrogen) atoms. The maximum atomic E-state index is 11.8. The molecule has 0 unspecified atom stereocenters. The molecule has 1 aromatic rings. The third-order valence-electron chi connectivity index (χ3n) is 2.67. The van der Waals surface area contributed by atoms with E-state index in [0.717, 1.165) is 6.07 Å². The highest BCUT2D eigenvalue weighted by molar-refractivity contribution is 5.96. The van der Waals surface area contributed by atoms with Crippen LogP contribution in [-0.4, -0.2) is 22.0 Å². The molecule has 0 saturated heterocycles. The molecule has 1 atom stereocenters. The van der Waals surface area contributed by atoms with Crippen LogP contribution in [0.25, 0.3) is 0 Å². The second-order valence-electron chi connectivity index (χ2n) is 5.29. The molecule has 104 valence electrons. The number of non-ortho nitro benzene ring substituents is 1. The highest BCUT2D eigenvalue weighted by atomic mass is 16.6. The minimum absolute atomic E-state index is 0.0929. The average molecular weight is 267 g/mol. The monoisotopic (exact) mass is 267 g/mol. The highest BCUT2D eigenvalue weighted by Gasteiger charge is 2.28. The lowest BCUT2D eigenvalue weighted by atomic mass is 9.87. The van der Waals surface area contributed by atoms with Gasteiger partial charge in [-0.25, -0.2) is 0 Å². The van der Waals surface area contributed by atoms with Gasteiger partial charge in [-0.3, -0.25) is 14.9 Å². The number of phenols is 1. The maximum absolute atomic E-state index is 11.8. The molecule has 7 nitrogen and oxygen atoms in total.